The highest BCUT2D eigenvalue weighted by molar-refractivity contribution is 7.22. The normalized spacial score (nSPS) is 11.0. The Kier molecular flexibility index (Phi) is 4.53. The number of thiazole rings is 1. The quantitative estimate of drug-likeness (QED) is 0.425. The molecule has 0 unspecified atom stereocenters. The van der Waals surface area contributed by atoms with Gasteiger partial charge in [0.2, 0.25) is 0 Å². The summed E-state index contributed by atoms with van der Waals surface area (Å²) in [7, 11) is 0. The molecule has 4 aromatic rings. The third-order valence-corrected chi connectivity index (χ3v) is 6.64. The van der Waals surface area contributed by atoms with E-state index in [1.807, 2.05) is 43.3 Å². The molecule has 4 rings (SSSR count). The number of fused-ring (bicyclic) bond motifs is 1. The molecule has 2 aromatic heterocycles. The zero-order valence-electron chi connectivity index (χ0n) is 14.2. The van der Waals surface area contributed by atoms with Crippen LogP contribution >= 0.6 is 34.3 Å². The lowest BCUT2D eigenvalue weighted by atomic mass is 10.1. The van der Waals surface area contributed by atoms with Crippen molar-refractivity contribution in [1.29, 1.82) is 0 Å². The molecule has 1 amide bonds. The summed E-state index contributed by atoms with van der Waals surface area (Å²) in [4.78, 5) is 18.9. The van der Waals surface area contributed by atoms with Crippen molar-refractivity contribution in [2.45, 2.75) is 13.8 Å². The molecule has 0 fully saturated rings. The van der Waals surface area contributed by atoms with Crippen LogP contribution in [-0.4, -0.2) is 10.9 Å². The summed E-state index contributed by atoms with van der Waals surface area (Å²) in [5.41, 5.74) is 3.15. The highest BCUT2D eigenvalue weighted by Crippen LogP contribution is 2.36. The Morgan fingerprint density at radius 1 is 1.04 bits per heavy atom. The van der Waals surface area contributed by atoms with Crippen LogP contribution in [0.25, 0.3) is 21.3 Å². The van der Waals surface area contributed by atoms with Crippen LogP contribution in [0, 0.1) is 13.8 Å². The molecule has 0 atom stereocenters. The van der Waals surface area contributed by atoms with E-state index in [4.69, 9.17) is 11.6 Å². The van der Waals surface area contributed by atoms with Gasteiger partial charge in [0.05, 0.1) is 10.7 Å². The number of carbonyl (C=O) groups is 1. The van der Waals surface area contributed by atoms with E-state index < -0.39 is 0 Å². The van der Waals surface area contributed by atoms with Crippen LogP contribution in [-0.2, 0) is 0 Å². The number of benzene rings is 2. The van der Waals surface area contributed by atoms with Gasteiger partial charge in [0, 0.05) is 20.5 Å². The molecule has 0 spiro atoms. The molecule has 130 valence electrons. The summed E-state index contributed by atoms with van der Waals surface area (Å²) in [5.74, 6) is -0.222. The maximum absolute atomic E-state index is 12.7. The van der Waals surface area contributed by atoms with E-state index in [9.17, 15) is 4.79 Å². The van der Waals surface area contributed by atoms with Crippen LogP contribution in [0.3, 0.4) is 0 Å². The zero-order chi connectivity index (χ0) is 18.3. The highest BCUT2D eigenvalue weighted by Gasteiger charge is 2.19. The van der Waals surface area contributed by atoms with Crippen molar-refractivity contribution in [2.75, 3.05) is 5.32 Å². The molecule has 0 bridgehead atoms. The number of thiophene rings is 1. The van der Waals surface area contributed by atoms with Crippen molar-refractivity contribution in [3.8, 4) is 11.3 Å². The second kappa shape index (κ2) is 6.83. The molecule has 26 heavy (non-hydrogen) atoms. The Balaban J connectivity index is 1.63. The van der Waals surface area contributed by atoms with Gasteiger partial charge in [-0.2, -0.15) is 0 Å². The molecule has 0 aliphatic rings. The molecular weight excluding hydrogens is 384 g/mol. The molecule has 0 aliphatic carbocycles. The second-order valence-corrected chi connectivity index (χ2v) is 8.62. The number of nitrogens with one attached hydrogen (secondary N) is 1. The van der Waals surface area contributed by atoms with Gasteiger partial charge in [0.15, 0.2) is 5.13 Å². The minimum Gasteiger partial charge on any atom is -0.297 e. The van der Waals surface area contributed by atoms with Gasteiger partial charge in [-0.05, 0) is 19.9 Å². The van der Waals surface area contributed by atoms with E-state index in [1.165, 1.54) is 28.2 Å². The number of aryl methyl sites for hydroxylation is 2. The van der Waals surface area contributed by atoms with Crippen molar-refractivity contribution in [3.05, 3.63) is 68.9 Å². The first kappa shape index (κ1) is 17.2. The fraction of sp³-hybridized carbons (Fsp3) is 0.100. The minimum atomic E-state index is -0.222. The maximum Gasteiger partial charge on any atom is 0.269 e. The Bertz CT molecular complexity index is 1110. The maximum atomic E-state index is 12.7. The summed E-state index contributed by atoms with van der Waals surface area (Å²) in [6, 6.07) is 16.0. The minimum absolute atomic E-state index is 0.222. The first-order valence-corrected chi connectivity index (χ1v) is 10.1. The molecule has 0 aliphatic heterocycles. The van der Waals surface area contributed by atoms with E-state index in [2.05, 4.69) is 29.4 Å². The van der Waals surface area contributed by atoms with Gasteiger partial charge in [0.25, 0.3) is 5.91 Å². The Labute approximate surface area is 164 Å². The SMILES string of the molecule is Cc1ccc(-c2nc(NC(=O)c3sc4ccccc4c3Cl)sc2C)cc1. The molecule has 1 N–H and O–H groups in total. The van der Waals surface area contributed by atoms with Gasteiger partial charge < -0.3 is 0 Å². The van der Waals surface area contributed by atoms with Crippen LogP contribution in [0.15, 0.2) is 48.5 Å². The molecule has 2 aromatic carbocycles. The topological polar surface area (TPSA) is 42.0 Å². The third-order valence-electron chi connectivity index (χ3n) is 4.08. The van der Waals surface area contributed by atoms with E-state index in [0.29, 0.717) is 15.0 Å². The van der Waals surface area contributed by atoms with Crippen molar-refractivity contribution < 1.29 is 4.79 Å². The molecule has 3 nitrogen and oxygen atoms in total. The fourth-order valence-corrected chi connectivity index (χ4v) is 4.99. The van der Waals surface area contributed by atoms with Crippen LogP contribution in [0.1, 0.15) is 20.1 Å². The highest BCUT2D eigenvalue weighted by atomic mass is 35.5. The van der Waals surface area contributed by atoms with Crippen LogP contribution < -0.4 is 5.32 Å². The van der Waals surface area contributed by atoms with Crippen molar-refractivity contribution in [1.82, 2.24) is 4.98 Å². The monoisotopic (exact) mass is 398 g/mol. The third kappa shape index (κ3) is 3.14. The summed E-state index contributed by atoms with van der Waals surface area (Å²) >= 11 is 9.26. The van der Waals surface area contributed by atoms with E-state index >= 15 is 0 Å². The molecule has 6 heteroatoms. The fourth-order valence-electron chi connectivity index (χ4n) is 2.74. The van der Waals surface area contributed by atoms with Gasteiger partial charge in [-0.25, -0.2) is 4.98 Å². The number of carbonyl (C=O) groups excluding carboxylic acids is 1. The number of hydrogen-bond donors (Lipinski definition) is 1. The van der Waals surface area contributed by atoms with Crippen LogP contribution in [0.4, 0.5) is 5.13 Å². The van der Waals surface area contributed by atoms with Crippen LogP contribution in [0.5, 0.6) is 0 Å². The first-order chi connectivity index (χ1) is 12.5. The van der Waals surface area contributed by atoms with E-state index in [0.717, 1.165) is 26.2 Å². The average molecular weight is 399 g/mol. The molecular formula is C20H15ClN2OS2. The van der Waals surface area contributed by atoms with Crippen molar-refractivity contribution >= 4 is 55.4 Å². The van der Waals surface area contributed by atoms with Gasteiger partial charge in [-0.1, -0.05) is 59.6 Å². The summed E-state index contributed by atoms with van der Waals surface area (Å²) < 4.78 is 0.998. The van der Waals surface area contributed by atoms with Crippen molar-refractivity contribution in [2.24, 2.45) is 0 Å². The standard InChI is InChI=1S/C20H15ClN2OS2/c1-11-7-9-13(10-8-11)17-12(2)25-20(22-17)23-19(24)18-16(21)14-5-3-4-6-15(14)26-18/h3-10H,1-2H3,(H,22,23,24). The van der Waals surface area contributed by atoms with E-state index in [1.54, 1.807) is 0 Å². The lowest BCUT2D eigenvalue weighted by molar-refractivity contribution is 0.103. The largest absolute Gasteiger partial charge is 0.297 e. The Hall–Kier alpha value is -2.21. The Morgan fingerprint density at radius 3 is 2.50 bits per heavy atom. The lowest BCUT2D eigenvalue weighted by Gasteiger charge is -2.00. The number of anilines is 1. The van der Waals surface area contributed by atoms with E-state index in [-0.39, 0.29) is 5.91 Å². The number of aromatic nitrogens is 1. The zero-order valence-corrected chi connectivity index (χ0v) is 16.6. The van der Waals surface area contributed by atoms with Gasteiger partial charge in [-0.15, -0.1) is 22.7 Å². The number of nitrogens with zero attached hydrogens (tertiary/aromatic N) is 1. The van der Waals surface area contributed by atoms with Crippen molar-refractivity contribution in [3.63, 3.8) is 0 Å². The molecule has 0 radical (unpaired) electrons. The van der Waals surface area contributed by atoms with Crippen LogP contribution in [0.2, 0.25) is 5.02 Å². The summed E-state index contributed by atoms with van der Waals surface area (Å²) in [5, 5.41) is 4.88. The average Bonchev–Trinajstić information content (AvgIpc) is 3.16. The number of amides is 1. The van der Waals surface area contributed by atoms with Gasteiger partial charge in [0.1, 0.15) is 4.88 Å². The second-order valence-electron chi connectivity index (χ2n) is 5.99. The molecule has 0 saturated carbocycles. The first-order valence-electron chi connectivity index (χ1n) is 8.06. The summed E-state index contributed by atoms with van der Waals surface area (Å²) in [6.07, 6.45) is 0. The predicted molar refractivity (Wildman–Crippen MR) is 112 cm³/mol. The molecule has 0 saturated heterocycles. The number of rotatable bonds is 3. The summed E-state index contributed by atoms with van der Waals surface area (Å²) in [6.45, 7) is 4.06. The molecule has 2 heterocycles. The number of hydrogen-bond acceptors (Lipinski definition) is 4. The smallest absolute Gasteiger partial charge is 0.269 e. The lowest BCUT2D eigenvalue weighted by Crippen LogP contribution is -2.10. The van der Waals surface area contributed by atoms with Gasteiger partial charge >= 0.3 is 0 Å². The number of halogens is 1. The Morgan fingerprint density at radius 2 is 1.77 bits per heavy atom. The predicted octanol–water partition coefficient (Wildman–Crippen LogP) is 6.55. The van der Waals surface area contributed by atoms with Gasteiger partial charge in [-0.3, -0.25) is 10.1 Å².